The van der Waals surface area contributed by atoms with E-state index < -0.39 is 7.12 Å². The fourth-order valence-corrected chi connectivity index (χ4v) is 1.58. The van der Waals surface area contributed by atoms with Gasteiger partial charge in [0.05, 0.1) is 0 Å². The average molecular weight is 212 g/mol. The number of unbranched alkanes of at least 4 members (excludes halogenated alkanes) is 5. The van der Waals surface area contributed by atoms with Crippen LogP contribution in [-0.4, -0.2) is 17.2 Å². The van der Waals surface area contributed by atoms with Gasteiger partial charge in [-0.1, -0.05) is 52.0 Å². The molecule has 15 heavy (non-hydrogen) atoms. The van der Waals surface area contributed by atoms with Gasteiger partial charge in [-0.3, -0.25) is 0 Å². The molecular weight excluding hydrogens is 187 g/mol. The molecule has 0 amide bonds. The van der Waals surface area contributed by atoms with Crippen LogP contribution in [0.1, 0.15) is 65.2 Å². The molecule has 0 fully saturated rings. The molecule has 0 atom stereocenters. The predicted octanol–water partition coefficient (Wildman–Crippen LogP) is 3.09. The Morgan fingerprint density at radius 1 is 1.00 bits per heavy atom. The van der Waals surface area contributed by atoms with Gasteiger partial charge in [0.15, 0.2) is 0 Å². The van der Waals surface area contributed by atoms with E-state index in [9.17, 15) is 0 Å². The molecule has 0 aromatic heterocycles. The van der Waals surface area contributed by atoms with Crippen LogP contribution in [0.4, 0.5) is 0 Å². The summed E-state index contributed by atoms with van der Waals surface area (Å²) in [6, 6.07) is 0. The molecule has 0 radical (unpaired) electrons. The van der Waals surface area contributed by atoms with Crippen LogP contribution in [0.2, 0.25) is 0 Å². The van der Waals surface area contributed by atoms with E-state index in [1.165, 1.54) is 19.3 Å². The van der Waals surface area contributed by atoms with Gasteiger partial charge < -0.3 is 10.0 Å². The van der Waals surface area contributed by atoms with Crippen molar-refractivity contribution in [2.24, 2.45) is 0 Å². The predicted molar refractivity (Wildman–Crippen MR) is 66.6 cm³/mol. The third kappa shape index (κ3) is 8.70. The van der Waals surface area contributed by atoms with Gasteiger partial charge in [-0.2, -0.15) is 0 Å². The maximum Gasteiger partial charge on any atom is 0.483 e. The first-order valence-corrected chi connectivity index (χ1v) is 6.27. The molecule has 0 bridgehead atoms. The topological polar surface area (TPSA) is 40.5 Å². The lowest BCUT2D eigenvalue weighted by atomic mass is 9.76. The molecule has 0 unspecified atom stereocenters. The van der Waals surface area contributed by atoms with E-state index in [1.54, 1.807) is 0 Å². The van der Waals surface area contributed by atoms with Gasteiger partial charge in [-0.15, -0.1) is 0 Å². The van der Waals surface area contributed by atoms with Crippen molar-refractivity contribution < 1.29 is 10.0 Å². The van der Waals surface area contributed by atoms with Gasteiger partial charge in [0.25, 0.3) is 0 Å². The van der Waals surface area contributed by atoms with Gasteiger partial charge in [0, 0.05) is 0 Å². The fourth-order valence-electron chi connectivity index (χ4n) is 1.58. The Hall–Kier alpha value is -0.275. The van der Waals surface area contributed by atoms with Crippen LogP contribution in [0.15, 0.2) is 11.5 Å². The molecule has 0 heterocycles. The Morgan fingerprint density at radius 2 is 1.67 bits per heavy atom. The minimum atomic E-state index is -1.25. The highest BCUT2D eigenvalue weighted by atomic mass is 16.4. The van der Waals surface area contributed by atoms with Gasteiger partial charge in [-0.25, -0.2) is 0 Å². The van der Waals surface area contributed by atoms with E-state index >= 15 is 0 Å². The highest BCUT2D eigenvalue weighted by Gasteiger charge is 2.12. The van der Waals surface area contributed by atoms with Crippen molar-refractivity contribution in [2.45, 2.75) is 65.2 Å². The van der Waals surface area contributed by atoms with Crippen LogP contribution in [0.25, 0.3) is 0 Å². The summed E-state index contributed by atoms with van der Waals surface area (Å²) >= 11 is 0. The van der Waals surface area contributed by atoms with Crippen LogP contribution >= 0.6 is 0 Å². The van der Waals surface area contributed by atoms with E-state index in [-0.39, 0.29) is 0 Å². The van der Waals surface area contributed by atoms with Crippen LogP contribution in [0.3, 0.4) is 0 Å². The maximum absolute atomic E-state index is 9.13. The molecule has 0 aromatic rings. The normalized spacial score (nSPS) is 11.9. The molecule has 0 saturated heterocycles. The van der Waals surface area contributed by atoms with Crippen LogP contribution in [-0.2, 0) is 0 Å². The Kier molecular flexibility index (Phi) is 10.1. The zero-order valence-corrected chi connectivity index (χ0v) is 10.2. The molecule has 3 heteroatoms. The van der Waals surface area contributed by atoms with E-state index in [2.05, 4.69) is 13.8 Å². The van der Waals surface area contributed by atoms with Crippen molar-refractivity contribution in [1.82, 2.24) is 0 Å². The summed E-state index contributed by atoms with van der Waals surface area (Å²) in [7, 11) is -1.25. The van der Waals surface area contributed by atoms with Crippen molar-refractivity contribution in [2.75, 3.05) is 0 Å². The Labute approximate surface area is 94.5 Å². The molecule has 0 spiro atoms. The monoisotopic (exact) mass is 212 g/mol. The first kappa shape index (κ1) is 14.7. The highest BCUT2D eigenvalue weighted by Crippen LogP contribution is 2.12. The zero-order valence-electron chi connectivity index (χ0n) is 10.2. The number of allylic oxidation sites excluding steroid dienone is 2. The SMILES string of the molecule is CCCCCC/C=C(\CCCC)B(O)O. The van der Waals surface area contributed by atoms with Gasteiger partial charge in [0.1, 0.15) is 0 Å². The molecule has 0 aliphatic carbocycles. The first-order chi connectivity index (χ1) is 7.22. The van der Waals surface area contributed by atoms with Crippen LogP contribution in [0, 0.1) is 0 Å². The summed E-state index contributed by atoms with van der Waals surface area (Å²) in [5.41, 5.74) is 0.799. The number of hydrogen-bond acceptors (Lipinski definition) is 2. The molecule has 2 N–H and O–H groups in total. The molecule has 0 aliphatic heterocycles. The second-order valence-electron chi connectivity index (χ2n) is 4.11. The lowest BCUT2D eigenvalue weighted by Crippen LogP contribution is -2.15. The Bertz CT molecular complexity index is 167. The first-order valence-electron chi connectivity index (χ1n) is 6.27. The highest BCUT2D eigenvalue weighted by molar-refractivity contribution is 6.50. The van der Waals surface area contributed by atoms with Gasteiger partial charge in [-0.05, 0) is 24.7 Å². The van der Waals surface area contributed by atoms with Crippen molar-refractivity contribution in [3.63, 3.8) is 0 Å². The summed E-state index contributed by atoms with van der Waals surface area (Å²) < 4.78 is 0. The van der Waals surface area contributed by atoms with E-state index in [0.29, 0.717) is 0 Å². The standard InChI is InChI=1S/C12H25BO2/c1-3-5-7-8-9-11-12(13(14)15)10-6-4-2/h11,14-15H,3-10H2,1-2H3/b12-11+. The second kappa shape index (κ2) is 10.2. The second-order valence-corrected chi connectivity index (χ2v) is 4.11. The molecule has 2 nitrogen and oxygen atoms in total. The van der Waals surface area contributed by atoms with Crippen molar-refractivity contribution in [3.8, 4) is 0 Å². The van der Waals surface area contributed by atoms with Gasteiger partial charge in [0.2, 0.25) is 0 Å². The largest absolute Gasteiger partial charge is 0.483 e. The Balaban J connectivity index is 3.74. The summed E-state index contributed by atoms with van der Waals surface area (Å²) in [4.78, 5) is 0. The van der Waals surface area contributed by atoms with Crippen molar-refractivity contribution in [3.05, 3.63) is 11.5 Å². The summed E-state index contributed by atoms with van der Waals surface area (Å²) in [6.07, 6.45) is 10.9. The third-order valence-corrected chi connectivity index (χ3v) is 2.61. The van der Waals surface area contributed by atoms with E-state index in [0.717, 1.165) is 37.6 Å². The lowest BCUT2D eigenvalue weighted by molar-refractivity contribution is 0.415. The quantitative estimate of drug-likeness (QED) is 0.455. The lowest BCUT2D eigenvalue weighted by Gasteiger charge is -2.05. The zero-order chi connectivity index (χ0) is 11.5. The minimum Gasteiger partial charge on any atom is -0.423 e. The maximum atomic E-state index is 9.13. The number of rotatable bonds is 9. The summed E-state index contributed by atoms with van der Waals surface area (Å²) in [5, 5.41) is 18.3. The fraction of sp³-hybridized carbons (Fsp3) is 0.833. The average Bonchev–Trinajstić information content (AvgIpc) is 2.21. The smallest absolute Gasteiger partial charge is 0.423 e. The minimum absolute atomic E-state index is 0.799. The summed E-state index contributed by atoms with van der Waals surface area (Å²) in [6.45, 7) is 4.31. The van der Waals surface area contributed by atoms with Crippen LogP contribution < -0.4 is 0 Å². The van der Waals surface area contributed by atoms with Crippen LogP contribution in [0.5, 0.6) is 0 Å². The Morgan fingerprint density at radius 3 is 2.20 bits per heavy atom. The van der Waals surface area contributed by atoms with E-state index in [4.69, 9.17) is 10.0 Å². The molecule has 0 saturated carbocycles. The molecule has 0 rings (SSSR count). The third-order valence-electron chi connectivity index (χ3n) is 2.61. The molecule has 0 aliphatic rings. The molecule has 88 valence electrons. The number of hydrogen-bond donors (Lipinski definition) is 2. The van der Waals surface area contributed by atoms with E-state index in [1.807, 2.05) is 6.08 Å². The summed E-state index contributed by atoms with van der Waals surface area (Å²) in [5.74, 6) is 0. The van der Waals surface area contributed by atoms with Gasteiger partial charge >= 0.3 is 7.12 Å². The van der Waals surface area contributed by atoms with Crippen molar-refractivity contribution in [1.29, 1.82) is 0 Å². The molecular formula is C12H25BO2. The van der Waals surface area contributed by atoms with Crippen molar-refractivity contribution >= 4 is 7.12 Å². The molecule has 0 aromatic carbocycles.